The fourth-order valence-corrected chi connectivity index (χ4v) is 2.06. The zero-order chi connectivity index (χ0) is 13.7. The van der Waals surface area contributed by atoms with Crippen LogP contribution in [0.5, 0.6) is 0 Å². The van der Waals surface area contributed by atoms with Crippen LogP contribution in [0.3, 0.4) is 0 Å². The largest absolute Gasteiger partial charge is 0.390 e. The summed E-state index contributed by atoms with van der Waals surface area (Å²) in [7, 11) is 0. The SMILES string of the molecule is [N-]=[N+]=NCCC(O)C(O)c1c(F)cc(F)cc1Br. The first kappa shape index (κ1) is 14.8. The molecule has 2 N–H and O–H groups in total. The third-order valence-corrected chi connectivity index (χ3v) is 2.95. The summed E-state index contributed by atoms with van der Waals surface area (Å²) >= 11 is 2.92. The van der Waals surface area contributed by atoms with E-state index in [-0.39, 0.29) is 23.0 Å². The number of halogens is 3. The molecule has 0 bridgehead atoms. The van der Waals surface area contributed by atoms with Crippen LogP contribution < -0.4 is 0 Å². The first-order valence-corrected chi connectivity index (χ1v) is 5.78. The summed E-state index contributed by atoms with van der Waals surface area (Å²) < 4.78 is 26.4. The molecule has 0 saturated heterocycles. The third kappa shape index (κ3) is 3.64. The lowest BCUT2D eigenvalue weighted by Gasteiger charge is -2.19. The maximum absolute atomic E-state index is 13.5. The predicted molar refractivity (Wildman–Crippen MR) is 63.7 cm³/mol. The number of hydrogen-bond acceptors (Lipinski definition) is 3. The summed E-state index contributed by atoms with van der Waals surface area (Å²) in [6, 6.07) is 1.60. The van der Waals surface area contributed by atoms with Gasteiger partial charge in [0.05, 0.1) is 6.10 Å². The standard InChI is InChI=1S/C10H10BrF2N3O2/c11-6-3-5(12)4-7(13)9(6)10(18)8(17)1-2-15-16-14/h3-4,8,10,17-18H,1-2H2. The maximum atomic E-state index is 13.5. The van der Waals surface area contributed by atoms with E-state index in [0.29, 0.717) is 6.07 Å². The number of hydrogen-bond donors (Lipinski definition) is 2. The number of aliphatic hydroxyl groups excluding tert-OH is 2. The average molecular weight is 322 g/mol. The van der Waals surface area contributed by atoms with Crippen molar-refractivity contribution in [1.82, 2.24) is 0 Å². The molecule has 0 heterocycles. The fraction of sp³-hybridized carbons (Fsp3) is 0.400. The Bertz CT molecular complexity index is 457. The van der Waals surface area contributed by atoms with Crippen LogP contribution in [0.4, 0.5) is 8.78 Å². The molecule has 0 aromatic heterocycles. The number of azide groups is 1. The Morgan fingerprint density at radius 3 is 2.61 bits per heavy atom. The smallest absolute Gasteiger partial charge is 0.133 e. The van der Waals surface area contributed by atoms with Gasteiger partial charge >= 0.3 is 0 Å². The number of nitrogens with zero attached hydrogens (tertiary/aromatic N) is 3. The number of aliphatic hydroxyl groups is 2. The van der Waals surface area contributed by atoms with Gasteiger partial charge in [0.1, 0.15) is 17.7 Å². The number of benzene rings is 1. The molecule has 0 aliphatic rings. The monoisotopic (exact) mass is 321 g/mol. The first-order chi connectivity index (χ1) is 8.47. The molecular formula is C10H10BrF2N3O2. The van der Waals surface area contributed by atoms with Crippen molar-refractivity contribution in [2.75, 3.05) is 6.54 Å². The molecule has 0 saturated carbocycles. The lowest BCUT2D eigenvalue weighted by atomic mass is 10.0. The summed E-state index contributed by atoms with van der Waals surface area (Å²) in [4.78, 5) is 2.49. The molecule has 1 aromatic carbocycles. The van der Waals surface area contributed by atoms with Gasteiger partial charge < -0.3 is 10.2 Å². The van der Waals surface area contributed by atoms with Crippen LogP contribution in [0.25, 0.3) is 10.4 Å². The highest BCUT2D eigenvalue weighted by atomic mass is 79.9. The van der Waals surface area contributed by atoms with Gasteiger partial charge in [-0.3, -0.25) is 0 Å². The molecule has 2 atom stereocenters. The first-order valence-electron chi connectivity index (χ1n) is 4.98. The van der Waals surface area contributed by atoms with E-state index in [9.17, 15) is 19.0 Å². The van der Waals surface area contributed by atoms with Gasteiger partial charge in [-0.15, -0.1) is 0 Å². The fourth-order valence-electron chi connectivity index (χ4n) is 1.42. The van der Waals surface area contributed by atoms with Crippen LogP contribution >= 0.6 is 15.9 Å². The van der Waals surface area contributed by atoms with Gasteiger partial charge in [-0.1, -0.05) is 21.0 Å². The van der Waals surface area contributed by atoms with Gasteiger partial charge in [-0.25, -0.2) is 8.78 Å². The molecule has 0 spiro atoms. The van der Waals surface area contributed by atoms with Crippen LogP contribution in [0.2, 0.25) is 0 Å². The van der Waals surface area contributed by atoms with E-state index in [0.717, 1.165) is 6.07 Å². The quantitative estimate of drug-likeness (QED) is 0.496. The zero-order valence-electron chi connectivity index (χ0n) is 9.09. The second-order valence-corrected chi connectivity index (χ2v) is 4.39. The summed E-state index contributed by atoms with van der Waals surface area (Å²) in [5.74, 6) is -1.75. The molecule has 1 aromatic rings. The van der Waals surface area contributed by atoms with E-state index in [1.807, 2.05) is 0 Å². The molecular weight excluding hydrogens is 312 g/mol. The Morgan fingerprint density at radius 1 is 1.39 bits per heavy atom. The topological polar surface area (TPSA) is 89.2 Å². The molecule has 0 aliphatic heterocycles. The van der Waals surface area contributed by atoms with Gasteiger partial charge in [0, 0.05) is 27.6 Å². The summed E-state index contributed by atoms with van der Waals surface area (Å²) in [5.41, 5.74) is 7.83. The van der Waals surface area contributed by atoms with Gasteiger partial charge in [0.25, 0.3) is 0 Å². The van der Waals surface area contributed by atoms with E-state index >= 15 is 0 Å². The molecule has 0 amide bonds. The van der Waals surface area contributed by atoms with E-state index in [2.05, 4.69) is 26.0 Å². The molecule has 98 valence electrons. The highest BCUT2D eigenvalue weighted by Crippen LogP contribution is 2.30. The van der Waals surface area contributed by atoms with Crippen molar-refractivity contribution in [2.24, 2.45) is 5.11 Å². The van der Waals surface area contributed by atoms with Crippen molar-refractivity contribution >= 4 is 15.9 Å². The second-order valence-electron chi connectivity index (χ2n) is 3.54. The van der Waals surface area contributed by atoms with Crippen molar-refractivity contribution in [3.05, 3.63) is 44.2 Å². The van der Waals surface area contributed by atoms with E-state index in [1.165, 1.54) is 0 Å². The summed E-state index contributed by atoms with van der Waals surface area (Å²) in [5, 5.41) is 22.6. The summed E-state index contributed by atoms with van der Waals surface area (Å²) in [6.45, 7) is -0.0326. The normalized spacial score (nSPS) is 13.8. The Labute approximate surface area is 110 Å². The minimum atomic E-state index is -1.53. The van der Waals surface area contributed by atoms with Crippen molar-refractivity contribution < 1.29 is 19.0 Å². The maximum Gasteiger partial charge on any atom is 0.133 e. The average Bonchev–Trinajstić information content (AvgIpc) is 2.27. The molecule has 1 rings (SSSR count). The lowest BCUT2D eigenvalue weighted by molar-refractivity contribution is 0.0125. The molecule has 0 fully saturated rings. The van der Waals surface area contributed by atoms with Gasteiger partial charge in [-0.2, -0.15) is 0 Å². The highest BCUT2D eigenvalue weighted by molar-refractivity contribution is 9.10. The van der Waals surface area contributed by atoms with Crippen molar-refractivity contribution in [3.63, 3.8) is 0 Å². The Hall–Kier alpha value is -1.21. The van der Waals surface area contributed by atoms with Crippen LogP contribution in [0.15, 0.2) is 21.7 Å². The van der Waals surface area contributed by atoms with E-state index in [4.69, 9.17) is 5.53 Å². The molecule has 5 nitrogen and oxygen atoms in total. The van der Waals surface area contributed by atoms with E-state index in [1.54, 1.807) is 0 Å². The zero-order valence-corrected chi connectivity index (χ0v) is 10.7. The third-order valence-electron chi connectivity index (χ3n) is 2.29. The van der Waals surface area contributed by atoms with Gasteiger partial charge in [0.15, 0.2) is 0 Å². The van der Waals surface area contributed by atoms with Gasteiger partial charge in [0.2, 0.25) is 0 Å². The van der Waals surface area contributed by atoms with Crippen molar-refractivity contribution in [1.29, 1.82) is 0 Å². The second kappa shape index (κ2) is 6.65. The van der Waals surface area contributed by atoms with E-state index < -0.39 is 23.8 Å². The predicted octanol–water partition coefficient (Wildman–Crippen LogP) is 2.82. The van der Waals surface area contributed by atoms with Crippen LogP contribution in [-0.4, -0.2) is 22.9 Å². The number of rotatable bonds is 5. The minimum absolute atomic E-state index is 0.0235. The molecule has 18 heavy (non-hydrogen) atoms. The summed E-state index contributed by atoms with van der Waals surface area (Å²) in [6.07, 6.45) is -2.88. The lowest BCUT2D eigenvalue weighted by Crippen LogP contribution is -2.20. The van der Waals surface area contributed by atoms with Crippen LogP contribution in [0, 0.1) is 11.6 Å². The van der Waals surface area contributed by atoms with Crippen LogP contribution in [0.1, 0.15) is 18.1 Å². The molecule has 0 radical (unpaired) electrons. The Kier molecular flexibility index (Phi) is 5.49. The Morgan fingerprint density at radius 2 is 2.06 bits per heavy atom. The van der Waals surface area contributed by atoms with Crippen molar-refractivity contribution in [3.8, 4) is 0 Å². The van der Waals surface area contributed by atoms with Gasteiger partial charge in [-0.05, 0) is 18.0 Å². The molecule has 0 aliphatic carbocycles. The van der Waals surface area contributed by atoms with Crippen LogP contribution in [-0.2, 0) is 0 Å². The minimum Gasteiger partial charge on any atom is -0.390 e. The van der Waals surface area contributed by atoms with Crippen molar-refractivity contribution in [2.45, 2.75) is 18.6 Å². The molecule has 2 unspecified atom stereocenters. The Balaban J connectivity index is 2.89. The highest BCUT2D eigenvalue weighted by Gasteiger charge is 2.24. The molecule has 8 heteroatoms.